The number of para-hydroxylation sites is 2. The first-order valence-corrected chi connectivity index (χ1v) is 17.4. The van der Waals surface area contributed by atoms with E-state index in [2.05, 4.69) is 74.4 Å². The highest BCUT2D eigenvalue weighted by atomic mass is 32.2. The van der Waals surface area contributed by atoms with Gasteiger partial charge in [0.1, 0.15) is 16.2 Å². The molecule has 0 fully saturated rings. The van der Waals surface area contributed by atoms with Crippen LogP contribution in [0.5, 0.6) is 0 Å². The Kier molecular flexibility index (Phi) is 8.80. The molecule has 0 aromatic heterocycles. The van der Waals surface area contributed by atoms with Crippen LogP contribution in [0.3, 0.4) is 0 Å². The van der Waals surface area contributed by atoms with E-state index in [0.717, 1.165) is 59.1 Å². The molecule has 0 saturated carbocycles. The van der Waals surface area contributed by atoms with Gasteiger partial charge in [-0.15, -0.1) is 0 Å². The Bertz CT molecular complexity index is 2170. The second-order valence-corrected chi connectivity index (χ2v) is 12.8. The SMILES string of the molecule is CCc1cccc(CC)c1Nc1ccc2c(-c3ccccc3S(=O)(=O)O)c3ccc(=[NH+]c4c(CC)cccc4CC)cc-3oc2c1. The first-order chi connectivity index (χ1) is 22.2. The van der Waals surface area contributed by atoms with Crippen molar-refractivity contribution in [3.05, 3.63) is 125 Å². The van der Waals surface area contributed by atoms with Crippen LogP contribution in [0.15, 0.2) is 106 Å². The fourth-order valence-corrected chi connectivity index (χ4v) is 7.03. The highest BCUT2D eigenvalue weighted by Crippen LogP contribution is 2.43. The third-order valence-corrected chi connectivity index (χ3v) is 9.60. The molecule has 0 unspecified atom stereocenters. The van der Waals surface area contributed by atoms with Crippen LogP contribution in [0.1, 0.15) is 49.9 Å². The molecule has 4 aromatic rings. The zero-order valence-electron chi connectivity index (χ0n) is 26.6. The highest BCUT2D eigenvalue weighted by Gasteiger charge is 2.24. The van der Waals surface area contributed by atoms with Gasteiger partial charge in [0.05, 0.1) is 6.07 Å². The molecule has 3 N–H and O–H groups in total. The van der Waals surface area contributed by atoms with Crippen molar-refractivity contribution in [3.8, 4) is 22.5 Å². The second kappa shape index (κ2) is 12.9. The summed E-state index contributed by atoms with van der Waals surface area (Å²) < 4.78 is 42.0. The standard InChI is InChI=1S/C39H38N2O4S/c1-5-25-13-11-14-26(6-2)38(25)40-29-19-21-31-34(23-29)45-35-24-30(41-39-27(7-3)15-12-16-28(39)8-4)20-22-32(35)37(31)33-17-9-10-18-36(33)46(42,43)44/h9-24,40H,5-8H2,1-4H3,(H,42,43,44)/p+1. The molecule has 7 heteroatoms. The average Bonchev–Trinajstić information content (AvgIpc) is 3.06. The van der Waals surface area contributed by atoms with Gasteiger partial charge in [-0.25, -0.2) is 4.99 Å². The van der Waals surface area contributed by atoms with Gasteiger partial charge in [-0.2, -0.15) is 8.42 Å². The zero-order chi connectivity index (χ0) is 32.4. The van der Waals surface area contributed by atoms with E-state index in [4.69, 9.17) is 4.42 Å². The summed E-state index contributed by atoms with van der Waals surface area (Å²) in [6.07, 6.45) is 3.58. The molecule has 1 aliphatic heterocycles. The van der Waals surface area contributed by atoms with Crippen LogP contribution in [0.4, 0.5) is 17.1 Å². The van der Waals surface area contributed by atoms with Gasteiger partial charge >= 0.3 is 0 Å². The largest absolute Gasteiger partial charge is 0.456 e. The lowest BCUT2D eigenvalue weighted by atomic mass is 9.93. The lowest BCUT2D eigenvalue weighted by Crippen LogP contribution is -2.71. The molecular weight excluding hydrogens is 593 g/mol. The highest BCUT2D eigenvalue weighted by molar-refractivity contribution is 7.86. The molecule has 0 amide bonds. The topological polar surface area (TPSA) is 93.5 Å². The van der Waals surface area contributed by atoms with Crippen molar-refractivity contribution < 1.29 is 22.4 Å². The van der Waals surface area contributed by atoms with Gasteiger partial charge < -0.3 is 9.73 Å². The van der Waals surface area contributed by atoms with E-state index < -0.39 is 10.1 Å². The summed E-state index contributed by atoms with van der Waals surface area (Å²) in [7, 11) is -4.50. The summed E-state index contributed by atoms with van der Waals surface area (Å²) in [5.41, 5.74) is 10.4. The summed E-state index contributed by atoms with van der Waals surface area (Å²) in [5, 5.41) is 5.23. The van der Waals surface area contributed by atoms with Gasteiger partial charge in [-0.05, 0) is 61.1 Å². The van der Waals surface area contributed by atoms with Crippen LogP contribution >= 0.6 is 0 Å². The van der Waals surface area contributed by atoms with Crippen LogP contribution in [-0.2, 0) is 35.8 Å². The van der Waals surface area contributed by atoms with Gasteiger partial charge in [0, 0.05) is 56.7 Å². The number of fused-ring (bicyclic) bond motifs is 2. The predicted octanol–water partition coefficient (Wildman–Crippen LogP) is 7.76. The number of rotatable bonds is 9. The van der Waals surface area contributed by atoms with Gasteiger partial charge in [0.15, 0.2) is 0 Å². The Labute approximate surface area is 270 Å². The number of anilines is 2. The Morgan fingerprint density at radius 2 is 1.33 bits per heavy atom. The molecule has 0 bridgehead atoms. The maximum atomic E-state index is 12.6. The van der Waals surface area contributed by atoms with Crippen molar-refractivity contribution in [2.45, 2.75) is 58.3 Å². The van der Waals surface area contributed by atoms with Crippen molar-refractivity contribution in [1.29, 1.82) is 0 Å². The lowest BCUT2D eigenvalue weighted by molar-refractivity contribution is -0.403. The molecule has 0 atom stereocenters. The van der Waals surface area contributed by atoms with E-state index in [9.17, 15) is 13.0 Å². The van der Waals surface area contributed by atoms with Gasteiger partial charge in [0.25, 0.3) is 10.1 Å². The van der Waals surface area contributed by atoms with Crippen LogP contribution in [0, 0.1) is 0 Å². The fraction of sp³-hybridized carbons (Fsp3) is 0.205. The molecule has 2 aliphatic rings. The Morgan fingerprint density at radius 3 is 1.96 bits per heavy atom. The monoisotopic (exact) mass is 631 g/mol. The number of nitrogens with one attached hydrogen (secondary N) is 2. The predicted molar refractivity (Wildman–Crippen MR) is 186 cm³/mol. The van der Waals surface area contributed by atoms with Gasteiger partial charge in [-0.3, -0.25) is 4.55 Å². The van der Waals surface area contributed by atoms with Crippen molar-refractivity contribution in [3.63, 3.8) is 0 Å². The molecule has 6 nitrogen and oxygen atoms in total. The van der Waals surface area contributed by atoms with Crippen molar-refractivity contribution >= 4 is 38.1 Å². The molecule has 0 spiro atoms. The maximum Gasteiger partial charge on any atom is 0.295 e. The van der Waals surface area contributed by atoms with E-state index in [0.29, 0.717) is 22.5 Å². The molecular formula is C39H39N2O4S+. The Morgan fingerprint density at radius 1 is 0.696 bits per heavy atom. The van der Waals surface area contributed by atoms with E-state index >= 15 is 0 Å². The van der Waals surface area contributed by atoms with Gasteiger partial charge in [-0.1, -0.05) is 82.3 Å². The number of aryl methyl sites for hydroxylation is 4. The van der Waals surface area contributed by atoms with E-state index in [1.165, 1.54) is 28.3 Å². The number of hydrogen-bond acceptors (Lipinski definition) is 4. The van der Waals surface area contributed by atoms with Crippen molar-refractivity contribution in [1.82, 2.24) is 0 Å². The quantitative estimate of drug-likeness (QED) is 0.112. The molecule has 234 valence electrons. The summed E-state index contributed by atoms with van der Waals surface area (Å²) in [5.74, 6) is 0.588. The lowest BCUT2D eigenvalue weighted by Gasteiger charge is -2.19. The molecule has 0 radical (unpaired) electrons. The summed E-state index contributed by atoms with van der Waals surface area (Å²) in [6.45, 7) is 8.59. The molecule has 1 heterocycles. The number of hydrogen-bond donors (Lipinski definition) is 3. The van der Waals surface area contributed by atoms with E-state index in [-0.39, 0.29) is 4.90 Å². The zero-order valence-corrected chi connectivity index (χ0v) is 27.5. The van der Waals surface area contributed by atoms with Crippen LogP contribution < -0.4 is 15.7 Å². The summed E-state index contributed by atoms with van der Waals surface area (Å²) in [4.78, 5) is 3.49. The third kappa shape index (κ3) is 5.96. The second-order valence-electron chi connectivity index (χ2n) is 11.4. The first kappa shape index (κ1) is 31.3. The Balaban J connectivity index is 1.62. The first-order valence-electron chi connectivity index (χ1n) is 15.9. The molecule has 6 rings (SSSR count). The molecule has 4 aromatic carbocycles. The minimum absolute atomic E-state index is 0.151. The minimum atomic E-state index is -4.50. The third-order valence-electron chi connectivity index (χ3n) is 8.69. The van der Waals surface area contributed by atoms with Crippen LogP contribution in [0.25, 0.3) is 33.4 Å². The maximum absolute atomic E-state index is 12.6. The van der Waals surface area contributed by atoms with Crippen LogP contribution in [0.2, 0.25) is 0 Å². The summed E-state index contributed by atoms with van der Waals surface area (Å²) in [6, 6.07) is 31.1. The molecule has 46 heavy (non-hydrogen) atoms. The van der Waals surface area contributed by atoms with E-state index in [1.54, 1.807) is 18.2 Å². The fourth-order valence-electron chi connectivity index (χ4n) is 6.33. The van der Waals surface area contributed by atoms with Crippen molar-refractivity contribution in [2.75, 3.05) is 5.32 Å². The normalized spacial score (nSPS) is 12.2. The molecule has 0 saturated heterocycles. The average molecular weight is 632 g/mol. The van der Waals surface area contributed by atoms with E-state index in [1.807, 2.05) is 36.4 Å². The molecule has 1 aliphatic carbocycles. The number of benzene rings is 5. The Hall–Kier alpha value is -4.72. The minimum Gasteiger partial charge on any atom is -0.456 e. The van der Waals surface area contributed by atoms with Crippen LogP contribution in [-0.4, -0.2) is 13.0 Å². The smallest absolute Gasteiger partial charge is 0.295 e. The van der Waals surface area contributed by atoms with Crippen molar-refractivity contribution in [2.24, 2.45) is 0 Å². The summed E-state index contributed by atoms with van der Waals surface area (Å²) >= 11 is 0. The van der Waals surface area contributed by atoms with Gasteiger partial charge in [0.2, 0.25) is 11.0 Å².